The minimum Gasteiger partial charge on any atom is -0.343 e. The van der Waals surface area contributed by atoms with E-state index in [0.29, 0.717) is 18.8 Å². The predicted octanol–water partition coefficient (Wildman–Crippen LogP) is 3.08. The Bertz CT molecular complexity index is 605. The highest BCUT2D eigenvalue weighted by atomic mass is 35.5. The first-order valence-corrected chi connectivity index (χ1v) is 8.02. The molecule has 0 spiro atoms. The van der Waals surface area contributed by atoms with Gasteiger partial charge in [-0.05, 0) is 26.0 Å². The molecule has 0 aliphatic carbocycles. The zero-order valence-electron chi connectivity index (χ0n) is 12.7. The molecule has 1 aromatic carbocycles. The van der Waals surface area contributed by atoms with E-state index in [0.717, 1.165) is 36.4 Å². The number of alkyl halides is 1. The van der Waals surface area contributed by atoms with Gasteiger partial charge in [0.15, 0.2) is 0 Å². The number of amides is 1. The average Bonchev–Trinajstić information content (AvgIpc) is 2.84. The first kappa shape index (κ1) is 15.8. The summed E-state index contributed by atoms with van der Waals surface area (Å²) in [7, 11) is 0. The number of imidazole rings is 1. The minimum atomic E-state index is 0.189. The molecule has 5 heteroatoms. The largest absolute Gasteiger partial charge is 0.343 e. The van der Waals surface area contributed by atoms with Crippen molar-refractivity contribution in [3.63, 3.8) is 0 Å². The SMILES string of the molecule is CCN(CC)C(=O)CCn1c(CCCl)nc2ccccc21. The molecule has 0 saturated carbocycles. The van der Waals surface area contributed by atoms with E-state index in [1.54, 1.807) is 0 Å². The lowest BCUT2D eigenvalue weighted by Gasteiger charge is -2.19. The van der Waals surface area contributed by atoms with E-state index < -0.39 is 0 Å². The summed E-state index contributed by atoms with van der Waals surface area (Å²) >= 11 is 5.87. The Morgan fingerprint density at radius 1 is 1.29 bits per heavy atom. The van der Waals surface area contributed by atoms with Crippen LogP contribution in [0.1, 0.15) is 26.1 Å². The Hall–Kier alpha value is -1.55. The predicted molar refractivity (Wildman–Crippen MR) is 86.7 cm³/mol. The number of carbonyl (C=O) groups excluding carboxylic acids is 1. The maximum atomic E-state index is 12.2. The van der Waals surface area contributed by atoms with Gasteiger partial charge in [-0.15, -0.1) is 11.6 Å². The number of para-hydroxylation sites is 2. The van der Waals surface area contributed by atoms with E-state index in [1.165, 1.54) is 0 Å². The van der Waals surface area contributed by atoms with E-state index >= 15 is 0 Å². The van der Waals surface area contributed by atoms with Crippen LogP contribution in [0.3, 0.4) is 0 Å². The molecule has 21 heavy (non-hydrogen) atoms. The van der Waals surface area contributed by atoms with Crippen molar-refractivity contribution in [2.24, 2.45) is 0 Å². The van der Waals surface area contributed by atoms with Crippen LogP contribution in [0.25, 0.3) is 11.0 Å². The summed E-state index contributed by atoms with van der Waals surface area (Å²) in [4.78, 5) is 18.7. The van der Waals surface area contributed by atoms with E-state index in [4.69, 9.17) is 11.6 Å². The molecule has 1 amide bonds. The van der Waals surface area contributed by atoms with Crippen molar-refractivity contribution < 1.29 is 4.79 Å². The lowest BCUT2D eigenvalue weighted by molar-refractivity contribution is -0.131. The van der Waals surface area contributed by atoms with Crippen LogP contribution in [-0.2, 0) is 17.8 Å². The molecule has 0 N–H and O–H groups in total. The molecular weight excluding hydrogens is 286 g/mol. The third-order valence-electron chi connectivity index (χ3n) is 3.72. The summed E-state index contributed by atoms with van der Waals surface area (Å²) in [5, 5.41) is 0. The molecule has 114 valence electrons. The number of aromatic nitrogens is 2. The Morgan fingerprint density at radius 3 is 2.67 bits per heavy atom. The molecule has 2 rings (SSSR count). The first-order chi connectivity index (χ1) is 10.2. The molecular formula is C16H22ClN3O. The van der Waals surface area contributed by atoms with Crippen molar-refractivity contribution in [2.45, 2.75) is 33.2 Å². The molecule has 0 saturated heterocycles. The van der Waals surface area contributed by atoms with E-state index in [9.17, 15) is 4.79 Å². The molecule has 1 heterocycles. The normalized spacial score (nSPS) is 11.0. The van der Waals surface area contributed by atoms with Crippen molar-refractivity contribution in [1.29, 1.82) is 0 Å². The standard InChI is InChI=1S/C16H22ClN3O/c1-3-19(4-2)16(21)10-12-20-14-8-6-5-7-13(14)18-15(20)9-11-17/h5-8H,3-4,9-12H2,1-2H3. The summed E-state index contributed by atoms with van der Waals surface area (Å²) in [6.07, 6.45) is 1.22. The summed E-state index contributed by atoms with van der Waals surface area (Å²) in [5.41, 5.74) is 2.04. The van der Waals surface area contributed by atoms with Crippen LogP contribution in [0, 0.1) is 0 Å². The number of rotatable bonds is 7. The summed E-state index contributed by atoms with van der Waals surface area (Å²) in [5.74, 6) is 1.68. The summed E-state index contributed by atoms with van der Waals surface area (Å²) < 4.78 is 2.12. The lowest BCUT2D eigenvalue weighted by atomic mass is 10.3. The number of aryl methyl sites for hydroxylation is 2. The third-order valence-corrected chi connectivity index (χ3v) is 3.91. The van der Waals surface area contributed by atoms with Crippen molar-refractivity contribution >= 4 is 28.5 Å². The van der Waals surface area contributed by atoms with Crippen LogP contribution >= 0.6 is 11.6 Å². The molecule has 0 aliphatic heterocycles. The Balaban J connectivity index is 2.20. The quantitative estimate of drug-likeness (QED) is 0.737. The van der Waals surface area contributed by atoms with Gasteiger partial charge in [-0.1, -0.05) is 12.1 Å². The van der Waals surface area contributed by atoms with Crippen LogP contribution in [0.4, 0.5) is 0 Å². The van der Waals surface area contributed by atoms with Gasteiger partial charge in [0.05, 0.1) is 11.0 Å². The number of nitrogens with zero attached hydrogens (tertiary/aromatic N) is 3. The fourth-order valence-electron chi connectivity index (χ4n) is 2.59. The Labute approximate surface area is 130 Å². The van der Waals surface area contributed by atoms with Gasteiger partial charge in [-0.25, -0.2) is 4.98 Å². The van der Waals surface area contributed by atoms with E-state index in [1.807, 2.05) is 43.0 Å². The summed E-state index contributed by atoms with van der Waals surface area (Å²) in [6.45, 7) is 6.19. The topological polar surface area (TPSA) is 38.1 Å². The molecule has 0 atom stereocenters. The zero-order valence-corrected chi connectivity index (χ0v) is 13.4. The number of hydrogen-bond donors (Lipinski definition) is 0. The zero-order chi connectivity index (χ0) is 15.2. The fourth-order valence-corrected chi connectivity index (χ4v) is 2.76. The smallest absolute Gasteiger partial charge is 0.224 e. The number of benzene rings is 1. The van der Waals surface area contributed by atoms with Crippen LogP contribution in [-0.4, -0.2) is 39.3 Å². The first-order valence-electron chi connectivity index (χ1n) is 7.49. The average molecular weight is 308 g/mol. The molecule has 0 aliphatic rings. The second kappa shape index (κ2) is 7.46. The minimum absolute atomic E-state index is 0.189. The number of fused-ring (bicyclic) bond motifs is 1. The third kappa shape index (κ3) is 3.56. The van der Waals surface area contributed by atoms with Gasteiger partial charge in [0.1, 0.15) is 5.82 Å². The Morgan fingerprint density at radius 2 is 2.00 bits per heavy atom. The van der Waals surface area contributed by atoms with Gasteiger partial charge in [-0.3, -0.25) is 4.79 Å². The maximum absolute atomic E-state index is 12.2. The molecule has 0 fully saturated rings. The molecule has 4 nitrogen and oxygen atoms in total. The van der Waals surface area contributed by atoms with Gasteiger partial charge < -0.3 is 9.47 Å². The highest BCUT2D eigenvalue weighted by molar-refractivity contribution is 6.17. The molecule has 1 aromatic heterocycles. The molecule has 0 bridgehead atoms. The number of carbonyl (C=O) groups is 1. The summed E-state index contributed by atoms with van der Waals surface area (Å²) in [6, 6.07) is 8.01. The molecule has 0 unspecified atom stereocenters. The highest BCUT2D eigenvalue weighted by Gasteiger charge is 2.13. The monoisotopic (exact) mass is 307 g/mol. The van der Waals surface area contributed by atoms with Crippen LogP contribution in [0.2, 0.25) is 0 Å². The van der Waals surface area contributed by atoms with Crippen LogP contribution < -0.4 is 0 Å². The van der Waals surface area contributed by atoms with Gasteiger partial charge in [-0.2, -0.15) is 0 Å². The molecule has 0 radical (unpaired) electrons. The van der Waals surface area contributed by atoms with Gasteiger partial charge in [0.2, 0.25) is 5.91 Å². The van der Waals surface area contributed by atoms with Crippen molar-refractivity contribution in [3.05, 3.63) is 30.1 Å². The van der Waals surface area contributed by atoms with Crippen molar-refractivity contribution in [1.82, 2.24) is 14.5 Å². The van der Waals surface area contributed by atoms with Crippen molar-refractivity contribution in [3.8, 4) is 0 Å². The van der Waals surface area contributed by atoms with Crippen LogP contribution in [0.5, 0.6) is 0 Å². The van der Waals surface area contributed by atoms with Gasteiger partial charge in [0, 0.05) is 38.4 Å². The maximum Gasteiger partial charge on any atom is 0.224 e. The fraction of sp³-hybridized carbons (Fsp3) is 0.500. The molecule has 2 aromatic rings. The van der Waals surface area contributed by atoms with E-state index in [2.05, 4.69) is 9.55 Å². The van der Waals surface area contributed by atoms with Crippen LogP contribution in [0.15, 0.2) is 24.3 Å². The second-order valence-electron chi connectivity index (χ2n) is 4.92. The van der Waals surface area contributed by atoms with Gasteiger partial charge in [0.25, 0.3) is 0 Å². The second-order valence-corrected chi connectivity index (χ2v) is 5.30. The lowest BCUT2D eigenvalue weighted by Crippen LogP contribution is -2.31. The van der Waals surface area contributed by atoms with E-state index in [-0.39, 0.29) is 5.91 Å². The number of halogens is 1. The Kier molecular flexibility index (Phi) is 5.62. The van der Waals surface area contributed by atoms with Crippen molar-refractivity contribution in [2.75, 3.05) is 19.0 Å². The highest BCUT2D eigenvalue weighted by Crippen LogP contribution is 2.17. The van der Waals surface area contributed by atoms with Gasteiger partial charge >= 0.3 is 0 Å². The number of hydrogen-bond acceptors (Lipinski definition) is 2.